The standard InChI is InChI=1S/C44H45O10P2/c1-47-29-9-17-35(18-10-29)55(45,36-19-11-30(48-2)12-20-36)41-27-33(51-5)25-39(53-7)43(41)44-40(54-8)26-34(52-6)28-42(44)56(46,37-21-13-31(49-3)14-22-37)38-23-15-32(50-4)16-24-38/h9-28,45H,1-8H3/q+1. The third-order valence-electron chi connectivity index (χ3n) is 9.72. The third kappa shape index (κ3) is 7.24. The van der Waals surface area contributed by atoms with E-state index in [4.69, 9.17) is 37.9 Å². The van der Waals surface area contributed by atoms with Gasteiger partial charge in [-0.05, 0) is 103 Å². The van der Waals surface area contributed by atoms with Gasteiger partial charge in [-0.3, -0.25) is 0 Å². The van der Waals surface area contributed by atoms with Crippen LogP contribution in [0.2, 0.25) is 0 Å². The number of ether oxygens (including phenoxy) is 8. The summed E-state index contributed by atoms with van der Waals surface area (Å²) in [5, 5.41) is 3.11. The minimum atomic E-state index is -3.87. The monoisotopic (exact) mass is 795 g/mol. The molecule has 6 aromatic carbocycles. The molecule has 0 aliphatic heterocycles. The molecule has 0 unspecified atom stereocenters. The first-order chi connectivity index (χ1) is 27.1. The average Bonchev–Trinajstić information content (AvgIpc) is 3.27. The van der Waals surface area contributed by atoms with E-state index in [1.807, 2.05) is 48.5 Å². The second kappa shape index (κ2) is 17.0. The highest BCUT2D eigenvalue weighted by atomic mass is 31.2. The van der Waals surface area contributed by atoms with Gasteiger partial charge in [0, 0.05) is 39.7 Å². The van der Waals surface area contributed by atoms with Gasteiger partial charge in [0.25, 0.3) is 0 Å². The lowest BCUT2D eigenvalue weighted by atomic mass is 10.0. The first kappa shape index (κ1) is 40.0. The summed E-state index contributed by atoms with van der Waals surface area (Å²) in [4.78, 5) is 13.7. The molecule has 6 aromatic rings. The van der Waals surface area contributed by atoms with Gasteiger partial charge in [-0.2, -0.15) is 0 Å². The van der Waals surface area contributed by atoms with Gasteiger partial charge >= 0.3 is 0 Å². The fraction of sp³-hybridized carbons (Fsp3) is 0.182. The van der Waals surface area contributed by atoms with Crippen LogP contribution in [0.3, 0.4) is 0 Å². The summed E-state index contributed by atoms with van der Waals surface area (Å²) in [6, 6.07) is 35.9. The zero-order valence-electron chi connectivity index (χ0n) is 32.6. The molecule has 0 amide bonds. The molecule has 0 radical (unpaired) electrons. The van der Waals surface area contributed by atoms with E-state index < -0.39 is 14.6 Å². The van der Waals surface area contributed by atoms with Crippen molar-refractivity contribution in [3.05, 3.63) is 121 Å². The lowest BCUT2D eigenvalue weighted by Gasteiger charge is -2.29. The fourth-order valence-corrected chi connectivity index (χ4v) is 12.5. The molecule has 0 fully saturated rings. The molecule has 56 heavy (non-hydrogen) atoms. The first-order valence-electron chi connectivity index (χ1n) is 17.5. The second-order valence-corrected chi connectivity index (χ2v) is 18.0. The van der Waals surface area contributed by atoms with E-state index in [2.05, 4.69) is 0 Å². The van der Waals surface area contributed by atoms with Gasteiger partial charge in [-0.15, -0.1) is 0 Å². The van der Waals surface area contributed by atoms with Crippen LogP contribution in [0.1, 0.15) is 0 Å². The van der Waals surface area contributed by atoms with E-state index in [1.165, 1.54) is 7.11 Å². The lowest BCUT2D eigenvalue weighted by molar-refractivity contribution is 0.392. The molecule has 1 N–H and O–H groups in total. The van der Waals surface area contributed by atoms with Gasteiger partial charge in [0.15, 0.2) is 7.14 Å². The van der Waals surface area contributed by atoms with Crippen molar-refractivity contribution in [1.29, 1.82) is 0 Å². The molecule has 0 saturated carbocycles. The Balaban J connectivity index is 1.82. The van der Waals surface area contributed by atoms with Crippen LogP contribution in [0, 0.1) is 0 Å². The molecule has 12 heteroatoms. The van der Waals surface area contributed by atoms with Crippen LogP contribution in [0.5, 0.6) is 46.0 Å². The molecular formula is C44H45O10P2+. The van der Waals surface area contributed by atoms with E-state index in [9.17, 15) is 4.89 Å². The largest absolute Gasteiger partial charge is 0.497 e. The van der Waals surface area contributed by atoms with Crippen molar-refractivity contribution in [1.82, 2.24) is 0 Å². The van der Waals surface area contributed by atoms with Crippen LogP contribution in [0.4, 0.5) is 0 Å². The third-order valence-corrected chi connectivity index (χ3v) is 15.9. The van der Waals surface area contributed by atoms with Crippen LogP contribution in [-0.2, 0) is 4.57 Å². The van der Waals surface area contributed by atoms with Crippen molar-refractivity contribution in [2.24, 2.45) is 0 Å². The van der Waals surface area contributed by atoms with E-state index in [1.54, 1.807) is 123 Å². The number of hydrogen-bond donors (Lipinski definition) is 1. The molecule has 290 valence electrons. The highest BCUT2D eigenvalue weighted by Crippen LogP contribution is 2.58. The van der Waals surface area contributed by atoms with Crippen molar-refractivity contribution in [2.45, 2.75) is 0 Å². The average molecular weight is 796 g/mol. The topological polar surface area (TPSA) is 111 Å². The van der Waals surface area contributed by atoms with Crippen molar-refractivity contribution < 1.29 is 47.4 Å². The molecule has 0 saturated heterocycles. The number of hydrogen-bond acceptors (Lipinski definition) is 10. The van der Waals surface area contributed by atoms with Gasteiger partial charge < -0.3 is 42.5 Å². The van der Waals surface area contributed by atoms with Crippen LogP contribution in [-0.4, -0.2) is 61.8 Å². The zero-order chi connectivity index (χ0) is 40.0. The summed E-state index contributed by atoms with van der Waals surface area (Å²) in [6.07, 6.45) is 0. The molecule has 0 aliphatic carbocycles. The van der Waals surface area contributed by atoms with Gasteiger partial charge in [0.1, 0.15) is 61.9 Å². The Kier molecular flexibility index (Phi) is 12.2. The molecule has 0 bridgehead atoms. The molecule has 10 nitrogen and oxygen atoms in total. The Hall–Kier alpha value is -5.66. The Morgan fingerprint density at radius 3 is 1.11 bits per heavy atom. The summed E-state index contributed by atoms with van der Waals surface area (Å²) in [7, 11) is 5.01. The summed E-state index contributed by atoms with van der Waals surface area (Å²) in [5.41, 5.74) is 0.880. The predicted octanol–water partition coefficient (Wildman–Crippen LogP) is 6.26. The Morgan fingerprint density at radius 2 is 0.750 bits per heavy atom. The molecule has 0 atom stereocenters. The van der Waals surface area contributed by atoms with Crippen molar-refractivity contribution in [2.75, 3.05) is 56.9 Å². The molecule has 6 rings (SSSR count). The number of methoxy groups -OCH3 is 8. The highest BCUT2D eigenvalue weighted by molar-refractivity contribution is 7.91. The summed E-state index contributed by atoms with van der Waals surface area (Å²) in [5.74, 6) is 3.98. The van der Waals surface area contributed by atoms with Crippen LogP contribution < -0.4 is 69.7 Å². The Labute approximate surface area is 328 Å². The van der Waals surface area contributed by atoms with Gasteiger partial charge in [-0.1, -0.05) is 0 Å². The summed E-state index contributed by atoms with van der Waals surface area (Å²) >= 11 is 0. The van der Waals surface area contributed by atoms with Gasteiger partial charge in [0.05, 0.1) is 62.4 Å². The van der Waals surface area contributed by atoms with Crippen molar-refractivity contribution >= 4 is 46.5 Å². The number of rotatable bonds is 15. The molecular weight excluding hydrogens is 750 g/mol. The molecule has 0 aliphatic rings. The Bertz CT molecular complexity index is 2230. The van der Waals surface area contributed by atoms with Crippen LogP contribution >= 0.6 is 14.6 Å². The molecule has 0 aromatic heterocycles. The van der Waals surface area contributed by atoms with Gasteiger partial charge in [0.2, 0.25) is 7.49 Å². The smallest absolute Gasteiger partial charge is 0.239 e. The SMILES string of the molecule is COc1ccc(P(=O)(c2ccc(OC)cc2)c2cc(OC)cc(OC)c2-c2c(OC)cc(OC)cc2[P+](O)(c2ccc(OC)cc2)c2ccc(OC)cc2)cc1. The first-order valence-corrected chi connectivity index (χ1v) is 20.9. The Morgan fingerprint density at radius 1 is 0.411 bits per heavy atom. The fourth-order valence-electron chi connectivity index (χ4n) is 6.75. The maximum atomic E-state index is 16.6. The minimum absolute atomic E-state index is 0.335. The van der Waals surface area contributed by atoms with E-state index in [0.29, 0.717) is 89.0 Å². The van der Waals surface area contributed by atoms with Crippen LogP contribution in [0.25, 0.3) is 11.1 Å². The quantitative estimate of drug-likeness (QED) is 0.120. The van der Waals surface area contributed by atoms with Crippen LogP contribution in [0.15, 0.2) is 121 Å². The minimum Gasteiger partial charge on any atom is -0.497 e. The predicted molar refractivity (Wildman–Crippen MR) is 225 cm³/mol. The maximum absolute atomic E-state index is 16.6. The summed E-state index contributed by atoms with van der Waals surface area (Å²) < 4.78 is 62.7. The van der Waals surface area contributed by atoms with Gasteiger partial charge in [-0.25, -0.2) is 4.89 Å². The normalized spacial score (nSPS) is 11.4. The maximum Gasteiger partial charge on any atom is 0.239 e. The van der Waals surface area contributed by atoms with E-state index in [0.717, 1.165) is 0 Å². The van der Waals surface area contributed by atoms with E-state index in [-0.39, 0.29) is 0 Å². The lowest BCUT2D eigenvalue weighted by Crippen LogP contribution is -2.34. The van der Waals surface area contributed by atoms with Crippen molar-refractivity contribution in [3.63, 3.8) is 0 Å². The summed E-state index contributed by atoms with van der Waals surface area (Å²) in [6.45, 7) is 0. The zero-order valence-corrected chi connectivity index (χ0v) is 34.4. The molecule has 0 spiro atoms. The highest BCUT2D eigenvalue weighted by Gasteiger charge is 2.49. The van der Waals surface area contributed by atoms with Crippen molar-refractivity contribution in [3.8, 4) is 57.1 Å². The molecule has 0 heterocycles. The van der Waals surface area contributed by atoms with E-state index >= 15 is 4.57 Å². The second-order valence-electron chi connectivity index (χ2n) is 12.5. The number of benzene rings is 6.